The lowest BCUT2D eigenvalue weighted by Crippen LogP contribution is -2.59. The zero-order valence-corrected chi connectivity index (χ0v) is 12.0. The van der Waals surface area contributed by atoms with Crippen molar-refractivity contribution in [3.63, 3.8) is 0 Å². The zero-order chi connectivity index (χ0) is 13.2. The number of likely N-dealkylation sites (tertiary alicyclic amines) is 1. The van der Waals surface area contributed by atoms with E-state index in [1.54, 1.807) is 0 Å². The van der Waals surface area contributed by atoms with E-state index in [1.165, 1.54) is 12.8 Å². The largest absolute Gasteiger partial charge is 0.349 e. The molecule has 0 radical (unpaired) electrons. The predicted octanol–water partition coefficient (Wildman–Crippen LogP) is 0.929. The number of carbonyl (C=O) groups is 1. The Morgan fingerprint density at radius 3 is 2.44 bits per heavy atom. The summed E-state index contributed by atoms with van der Waals surface area (Å²) in [4.78, 5) is 16.6. The minimum absolute atomic E-state index is 0.00197. The van der Waals surface area contributed by atoms with Crippen molar-refractivity contribution >= 4 is 5.91 Å². The summed E-state index contributed by atoms with van der Waals surface area (Å²) in [5, 5.41) is 3.35. The van der Waals surface area contributed by atoms with Gasteiger partial charge in [0.05, 0.1) is 5.54 Å². The second-order valence-electron chi connectivity index (χ2n) is 6.52. The molecule has 1 aliphatic heterocycles. The van der Waals surface area contributed by atoms with E-state index in [4.69, 9.17) is 0 Å². The van der Waals surface area contributed by atoms with Crippen molar-refractivity contribution in [1.29, 1.82) is 0 Å². The van der Waals surface area contributed by atoms with Crippen LogP contribution in [0.2, 0.25) is 0 Å². The molecule has 0 spiro atoms. The van der Waals surface area contributed by atoms with Crippen LogP contribution in [-0.2, 0) is 4.79 Å². The number of hydrogen-bond donors (Lipinski definition) is 1. The average Bonchev–Trinajstić information content (AvgIpc) is 3.05. The maximum Gasteiger partial charge on any atom is 0.220 e. The van der Waals surface area contributed by atoms with E-state index in [1.807, 2.05) is 0 Å². The number of nitrogens with one attached hydrogen (secondary N) is 1. The van der Waals surface area contributed by atoms with E-state index in [9.17, 15) is 4.79 Å². The third-order valence-corrected chi connectivity index (χ3v) is 4.14. The summed E-state index contributed by atoms with van der Waals surface area (Å²) in [5.74, 6) is 0.941. The number of rotatable bonds is 5. The van der Waals surface area contributed by atoms with E-state index < -0.39 is 0 Å². The second kappa shape index (κ2) is 5.57. The van der Waals surface area contributed by atoms with Crippen molar-refractivity contribution in [2.24, 2.45) is 5.92 Å². The van der Waals surface area contributed by atoms with Gasteiger partial charge in [-0.15, -0.1) is 0 Å². The van der Waals surface area contributed by atoms with Gasteiger partial charge in [0.15, 0.2) is 0 Å². The minimum atomic E-state index is 0.00197. The summed E-state index contributed by atoms with van der Waals surface area (Å²) >= 11 is 0. The Labute approximate surface area is 111 Å². The lowest BCUT2D eigenvalue weighted by atomic mass is 9.86. The van der Waals surface area contributed by atoms with Crippen molar-refractivity contribution in [2.45, 2.75) is 37.6 Å². The van der Waals surface area contributed by atoms with Gasteiger partial charge in [0.25, 0.3) is 0 Å². The molecule has 2 rings (SSSR count). The molecule has 1 N–H and O–H groups in total. The summed E-state index contributed by atoms with van der Waals surface area (Å²) < 4.78 is 0. The van der Waals surface area contributed by atoms with Crippen molar-refractivity contribution < 1.29 is 4.79 Å². The first kappa shape index (κ1) is 13.8. The summed E-state index contributed by atoms with van der Waals surface area (Å²) in [6, 6.07) is 0. The number of amides is 1. The zero-order valence-electron chi connectivity index (χ0n) is 12.0. The Bertz CT molecular complexity index is 291. The van der Waals surface area contributed by atoms with Gasteiger partial charge in [-0.2, -0.15) is 0 Å². The van der Waals surface area contributed by atoms with Crippen LogP contribution in [0.5, 0.6) is 0 Å². The molecule has 0 aromatic carbocycles. The van der Waals surface area contributed by atoms with E-state index >= 15 is 0 Å². The minimum Gasteiger partial charge on any atom is -0.349 e. The Balaban J connectivity index is 1.92. The third kappa shape index (κ3) is 3.95. The van der Waals surface area contributed by atoms with Crippen molar-refractivity contribution in [3.05, 3.63) is 0 Å². The summed E-state index contributed by atoms with van der Waals surface area (Å²) in [5.41, 5.74) is 0.00197. The molecule has 4 nitrogen and oxygen atoms in total. The maximum absolute atomic E-state index is 12.1. The smallest absolute Gasteiger partial charge is 0.220 e. The monoisotopic (exact) mass is 253 g/mol. The highest BCUT2D eigenvalue weighted by Crippen LogP contribution is 2.33. The van der Waals surface area contributed by atoms with Crippen molar-refractivity contribution in [3.8, 4) is 0 Å². The molecular formula is C14H27N3O. The highest BCUT2D eigenvalue weighted by molar-refractivity contribution is 5.77. The highest BCUT2D eigenvalue weighted by Gasteiger charge is 2.36. The molecule has 0 unspecified atom stereocenters. The van der Waals surface area contributed by atoms with Gasteiger partial charge in [0.2, 0.25) is 5.91 Å². The summed E-state index contributed by atoms with van der Waals surface area (Å²) in [6.07, 6.45) is 5.37. The van der Waals surface area contributed by atoms with E-state index in [-0.39, 0.29) is 11.4 Å². The third-order valence-electron chi connectivity index (χ3n) is 4.14. The summed E-state index contributed by atoms with van der Waals surface area (Å²) in [7, 11) is 6.34. The molecule has 1 heterocycles. The number of hydrogen-bond acceptors (Lipinski definition) is 3. The first-order chi connectivity index (χ1) is 8.49. The molecule has 1 saturated carbocycles. The summed E-state index contributed by atoms with van der Waals surface area (Å²) in [6.45, 7) is 3.12. The highest BCUT2D eigenvalue weighted by atomic mass is 16.1. The van der Waals surface area contributed by atoms with Crippen LogP contribution in [0.4, 0.5) is 0 Å². The molecule has 104 valence electrons. The molecule has 2 aliphatic rings. The first-order valence-electron chi connectivity index (χ1n) is 7.13. The van der Waals surface area contributed by atoms with Crippen LogP contribution in [0.1, 0.15) is 32.1 Å². The Morgan fingerprint density at radius 2 is 1.94 bits per heavy atom. The molecule has 1 saturated heterocycles. The normalized spacial score (nSPS) is 24.2. The SMILES string of the molecule is CN(C)CC1(NC(=O)CC2CC2)CCN(C)CC1. The maximum atomic E-state index is 12.1. The number of nitrogens with zero attached hydrogens (tertiary/aromatic N) is 2. The topological polar surface area (TPSA) is 35.6 Å². The van der Waals surface area contributed by atoms with Gasteiger partial charge in [-0.25, -0.2) is 0 Å². The Kier molecular flexibility index (Phi) is 4.28. The van der Waals surface area contributed by atoms with Crippen LogP contribution in [0.25, 0.3) is 0 Å². The van der Waals surface area contributed by atoms with E-state index in [2.05, 4.69) is 36.3 Å². The fraction of sp³-hybridized carbons (Fsp3) is 0.929. The second-order valence-corrected chi connectivity index (χ2v) is 6.52. The fourth-order valence-electron chi connectivity index (χ4n) is 2.91. The van der Waals surface area contributed by atoms with Crippen LogP contribution in [-0.4, -0.2) is 62.0 Å². The molecule has 0 aromatic heterocycles. The molecule has 0 atom stereocenters. The van der Waals surface area contributed by atoms with Gasteiger partial charge in [0, 0.05) is 26.1 Å². The van der Waals surface area contributed by atoms with Gasteiger partial charge in [0.1, 0.15) is 0 Å². The standard InChI is InChI=1S/C14H27N3O/c1-16(2)11-14(6-8-17(3)9-7-14)15-13(18)10-12-4-5-12/h12H,4-11H2,1-3H3,(H,15,18). The number of carbonyl (C=O) groups excluding carboxylic acids is 1. The van der Waals surface area contributed by atoms with E-state index in [0.29, 0.717) is 5.92 Å². The van der Waals surface area contributed by atoms with Crippen LogP contribution in [0.3, 0.4) is 0 Å². The van der Waals surface area contributed by atoms with Gasteiger partial charge in [-0.1, -0.05) is 0 Å². The first-order valence-corrected chi connectivity index (χ1v) is 7.13. The molecular weight excluding hydrogens is 226 g/mol. The van der Waals surface area contributed by atoms with Crippen LogP contribution in [0, 0.1) is 5.92 Å². The Morgan fingerprint density at radius 1 is 1.33 bits per heavy atom. The number of piperidine rings is 1. The van der Waals surface area contributed by atoms with E-state index in [0.717, 1.165) is 38.9 Å². The molecule has 1 aliphatic carbocycles. The molecule has 1 amide bonds. The van der Waals surface area contributed by atoms with Gasteiger partial charge >= 0.3 is 0 Å². The van der Waals surface area contributed by atoms with Gasteiger partial charge in [-0.3, -0.25) is 4.79 Å². The number of likely N-dealkylation sites (N-methyl/N-ethyl adjacent to an activating group) is 1. The van der Waals surface area contributed by atoms with Crippen LogP contribution >= 0.6 is 0 Å². The van der Waals surface area contributed by atoms with Crippen molar-refractivity contribution in [1.82, 2.24) is 15.1 Å². The predicted molar refractivity (Wildman–Crippen MR) is 73.5 cm³/mol. The quantitative estimate of drug-likeness (QED) is 0.792. The molecule has 18 heavy (non-hydrogen) atoms. The van der Waals surface area contributed by atoms with Crippen LogP contribution < -0.4 is 5.32 Å². The fourth-order valence-corrected chi connectivity index (χ4v) is 2.91. The Hall–Kier alpha value is -0.610. The molecule has 4 heteroatoms. The van der Waals surface area contributed by atoms with Crippen molar-refractivity contribution in [2.75, 3.05) is 40.8 Å². The molecule has 0 aromatic rings. The van der Waals surface area contributed by atoms with Gasteiger partial charge in [-0.05, 0) is 52.7 Å². The lowest BCUT2D eigenvalue weighted by Gasteiger charge is -2.43. The van der Waals surface area contributed by atoms with Crippen LogP contribution in [0.15, 0.2) is 0 Å². The molecule has 2 fully saturated rings. The molecule has 0 bridgehead atoms. The lowest BCUT2D eigenvalue weighted by molar-refractivity contribution is -0.124. The average molecular weight is 253 g/mol. The van der Waals surface area contributed by atoms with Gasteiger partial charge < -0.3 is 15.1 Å².